The molecule has 0 saturated carbocycles. The monoisotopic (exact) mass is 516 g/mol. The zero-order valence-corrected chi connectivity index (χ0v) is 19.9. The Balaban J connectivity index is 1.50. The molecule has 9 heteroatoms. The number of anilines is 1. The minimum absolute atomic E-state index is 0.00974. The van der Waals surface area contributed by atoms with Gasteiger partial charge in [0.25, 0.3) is 11.8 Å². The Morgan fingerprint density at radius 2 is 1.61 bits per heavy atom. The van der Waals surface area contributed by atoms with Gasteiger partial charge in [-0.15, -0.1) is 0 Å². The molecule has 0 unspecified atom stereocenters. The van der Waals surface area contributed by atoms with Crippen LogP contribution in [0.5, 0.6) is 5.75 Å². The van der Waals surface area contributed by atoms with Crippen molar-refractivity contribution in [2.75, 3.05) is 4.90 Å². The first-order chi connectivity index (χ1) is 15.8. The number of hydrogen-bond acceptors (Lipinski definition) is 4. The second kappa shape index (κ2) is 9.93. The summed E-state index contributed by atoms with van der Waals surface area (Å²) in [6, 6.07) is 18.9. The van der Waals surface area contributed by atoms with Crippen LogP contribution >= 0.6 is 47.0 Å². The normalized spacial score (nSPS) is 15.1. The number of carbonyl (C=O) groups is 2. The number of thiocarbonyl (C=S) groups is 1. The fourth-order valence-corrected chi connectivity index (χ4v) is 3.83. The molecule has 1 aliphatic heterocycles. The van der Waals surface area contributed by atoms with Gasteiger partial charge in [-0.05, 0) is 78.0 Å². The van der Waals surface area contributed by atoms with E-state index in [-0.39, 0.29) is 10.7 Å². The van der Waals surface area contributed by atoms with Crippen molar-refractivity contribution in [1.82, 2.24) is 5.32 Å². The molecule has 1 N–H and O–H groups in total. The number of halogens is 3. The van der Waals surface area contributed by atoms with Gasteiger partial charge in [0.15, 0.2) is 5.11 Å². The summed E-state index contributed by atoms with van der Waals surface area (Å²) in [5, 5.41) is 4.03. The first kappa shape index (κ1) is 23.3. The maximum Gasteiger partial charge on any atom is 0.270 e. The van der Waals surface area contributed by atoms with Crippen LogP contribution in [-0.4, -0.2) is 16.9 Å². The van der Waals surface area contributed by atoms with Gasteiger partial charge in [0.2, 0.25) is 0 Å². The van der Waals surface area contributed by atoms with E-state index in [1.54, 1.807) is 60.7 Å². The third kappa shape index (κ3) is 5.37. The van der Waals surface area contributed by atoms with Crippen molar-refractivity contribution in [2.24, 2.45) is 0 Å². The molecule has 4 rings (SSSR count). The van der Waals surface area contributed by atoms with E-state index in [0.29, 0.717) is 38.7 Å². The standard InChI is InChI=1S/C24H15Cl3N2O3S/c25-16-4-6-17(7-5-16)29-23(31)19(22(30)28-24(29)33)11-14-1-8-18(9-2-14)32-13-15-3-10-20(26)21(27)12-15/h1-12H,13H2,(H,28,30,33). The second-order valence-corrected chi connectivity index (χ2v) is 8.68. The lowest BCUT2D eigenvalue weighted by atomic mass is 10.1. The average molecular weight is 518 g/mol. The Morgan fingerprint density at radius 1 is 0.909 bits per heavy atom. The number of amides is 2. The molecule has 166 valence electrons. The number of carbonyl (C=O) groups excluding carboxylic acids is 2. The fourth-order valence-electron chi connectivity index (χ4n) is 3.11. The smallest absolute Gasteiger partial charge is 0.270 e. The van der Waals surface area contributed by atoms with Gasteiger partial charge in [0.1, 0.15) is 17.9 Å². The minimum atomic E-state index is -0.560. The van der Waals surface area contributed by atoms with Crippen LogP contribution in [0.3, 0.4) is 0 Å². The number of rotatable bonds is 5. The Morgan fingerprint density at radius 3 is 2.27 bits per heavy atom. The lowest BCUT2D eigenvalue weighted by molar-refractivity contribution is -0.122. The molecule has 3 aromatic carbocycles. The Kier molecular flexibility index (Phi) is 7.00. The molecule has 0 atom stereocenters. The van der Waals surface area contributed by atoms with Gasteiger partial charge >= 0.3 is 0 Å². The molecule has 0 spiro atoms. The van der Waals surface area contributed by atoms with E-state index in [9.17, 15) is 9.59 Å². The summed E-state index contributed by atoms with van der Waals surface area (Å²) in [5.41, 5.74) is 1.99. The molecule has 0 radical (unpaired) electrons. The first-order valence-corrected chi connectivity index (χ1v) is 11.2. The topological polar surface area (TPSA) is 58.6 Å². The average Bonchev–Trinajstić information content (AvgIpc) is 2.79. The van der Waals surface area contributed by atoms with Crippen LogP contribution in [0.25, 0.3) is 6.08 Å². The van der Waals surface area contributed by atoms with Crippen LogP contribution in [0.15, 0.2) is 72.3 Å². The highest BCUT2D eigenvalue weighted by Gasteiger charge is 2.34. The second-order valence-electron chi connectivity index (χ2n) is 7.04. The largest absolute Gasteiger partial charge is 0.489 e. The van der Waals surface area contributed by atoms with Crippen molar-refractivity contribution in [2.45, 2.75) is 6.61 Å². The lowest BCUT2D eigenvalue weighted by Gasteiger charge is -2.28. The van der Waals surface area contributed by atoms with Crippen molar-refractivity contribution < 1.29 is 14.3 Å². The summed E-state index contributed by atoms with van der Waals surface area (Å²) < 4.78 is 5.77. The summed E-state index contributed by atoms with van der Waals surface area (Å²) in [5.74, 6) is -0.465. The maximum atomic E-state index is 13.0. The van der Waals surface area contributed by atoms with E-state index in [4.69, 9.17) is 51.8 Å². The SMILES string of the molecule is O=C1NC(=S)N(c2ccc(Cl)cc2)C(=O)C1=Cc1ccc(OCc2ccc(Cl)c(Cl)c2)cc1. The van der Waals surface area contributed by atoms with E-state index in [1.165, 1.54) is 11.0 Å². The maximum absolute atomic E-state index is 13.0. The Labute approximate surface area is 210 Å². The quantitative estimate of drug-likeness (QED) is 0.254. The predicted molar refractivity (Wildman–Crippen MR) is 135 cm³/mol. The van der Waals surface area contributed by atoms with Gasteiger partial charge in [-0.2, -0.15) is 0 Å². The highest BCUT2D eigenvalue weighted by atomic mass is 35.5. The van der Waals surface area contributed by atoms with E-state index >= 15 is 0 Å². The van der Waals surface area contributed by atoms with E-state index in [0.717, 1.165) is 5.56 Å². The predicted octanol–water partition coefficient (Wildman–Crippen LogP) is 6.06. The molecule has 2 amide bonds. The van der Waals surface area contributed by atoms with Crippen LogP contribution in [0.1, 0.15) is 11.1 Å². The van der Waals surface area contributed by atoms with Gasteiger partial charge in [-0.25, -0.2) is 0 Å². The Hall–Kier alpha value is -2.90. The summed E-state index contributed by atoms with van der Waals surface area (Å²) in [4.78, 5) is 26.8. The zero-order chi connectivity index (χ0) is 23.5. The number of benzene rings is 3. The van der Waals surface area contributed by atoms with Crippen LogP contribution in [-0.2, 0) is 16.2 Å². The molecule has 1 heterocycles. The third-order valence-corrected chi connectivity index (χ3v) is 6.04. The minimum Gasteiger partial charge on any atom is -0.489 e. The third-order valence-electron chi connectivity index (χ3n) is 4.77. The van der Waals surface area contributed by atoms with Crippen molar-refractivity contribution in [1.29, 1.82) is 0 Å². The number of ether oxygens (including phenoxy) is 1. The summed E-state index contributed by atoms with van der Waals surface area (Å²) >= 11 is 23.1. The molecule has 33 heavy (non-hydrogen) atoms. The van der Waals surface area contributed by atoms with E-state index in [1.807, 2.05) is 6.07 Å². The van der Waals surface area contributed by atoms with Crippen LogP contribution < -0.4 is 15.0 Å². The molecular formula is C24H15Cl3N2O3S. The van der Waals surface area contributed by atoms with Gasteiger partial charge in [0, 0.05) is 5.02 Å². The summed E-state index contributed by atoms with van der Waals surface area (Å²) in [6.45, 7) is 0.311. The van der Waals surface area contributed by atoms with Gasteiger partial charge < -0.3 is 4.74 Å². The van der Waals surface area contributed by atoms with Crippen LogP contribution in [0.2, 0.25) is 15.1 Å². The lowest BCUT2D eigenvalue weighted by Crippen LogP contribution is -2.54. The van der Waals surface area contributed by atoms with Crippen molar-refractivity contribution in [3.8, 4) is 5.75 Å². The van der Waals surface area contributed by atoms with Crippen molar-refractivity contribution in [3.63, 3.8) is 0 Å². The summed E-state index contributed by atoms with van der Waals surface area (Å²) in [7, 11) is 0. The molecule has 1 saturated heterocycles. The molecule has 0 aliphatic carbocycles. The van der Waals surface area contributed by atoms with Gasteiger partial charge in [-0.3, -0.25) is 19.8 Å². The molecule has 1 aliphatic rings. The molecule has 1 fully saturated rings. The molecular weight excluding hydrogens is 503 g/mol. The number of nitrogens with zero attached hydrogens (tertiary/aromatic N) is 1. The highest BCUT2D eigenvalue weighted by Crippen LogP contribution is 2.25. The highest BCUT2D eigenvalue weighted by molar-refractivity contribution is 7.80. The molecule has 5 nitrogen and oxygen atoms in total. The molecule has 0 aromatic heterocycles. The van der Waals surface area contributed by atoms with Crippen molar-refractivity contribution >= 4 is 75.7 Å². The van der Waals surface area contributed by atoms with Crippen molar-refractivity contribution in [3.05, 3.63) is 98.5 Å². The number of nitrogens with one attached hydrogen (secondary N) is 1. The fraction of sp³-hybridized carbons (Fsp3) is 0.0417. The van der Waals surface area contributed by atoms with Crippen LogP contribution in [0.4, 0.5) is 5.69 Å². The van der Waals surface area contributed by atoms with E-state index in [2.05, 4.69) is 5.32 Å². The molecule has 3 aromatic rings. The summed E-state index contributed by atoms with van der Waals surface area (Å²) in [6.07, 6.45) is 1.51. The van der Waals surface area contributed by atoms with E-state index < -0.39 is 11.8 Å². The zero-order valence-electron chi connectivity index (χ0n) is 16.8. The van der Waals surface area contributed by atoms with Crippen LogP contribution in [0, 0.1) is 0 Å². The van der Waals surface area contributed by atoms with Gasteiger partial charge in [-0.1, -0.05) is 53.0 Å². The number of hydrogen-bond donors (Lipinski definition) is 1. The Bertz CT molecular complexity index is 1280. The first-order valence-electron chi connectivity index (χ1n) is 9.65. The van der Waals surface area contributed by atoms with Gasteiger partial charge in [0.05, 0.1) is 15.7 Å². The molecule has 0 bridgehead atoms.